The number of aliphatic hydroxyl groups excluding tert-OH is 1. The average Bonchev–Trinajstić information content (AvgIpc) is 2.27. The van der Waals surface area contributed by atoms with Crippen LogP contribution in [0.3, 0.4) is 0 Å². The summed E-state index contributed by atoms with van der Waals surface area (Å²) in [5.74, 6) is -0.192. The molecule has 0 atom stereocenters. The van der Waals surface area contributed by atoms with Crippen LogP contribution in [0.4, 0.5) is 10.1 Å². The van der Waals surface area contributed by atoms with Gasteiger partial charge in [-0.2, -0.15) is 0 Å². The van der Waals surface area contributed by atoms with E-state index in [0.717, 1.165) is 18.4 Å². The summed E-state index contributed by atoms with van der Waals surface area (Å²) >= 11 is 0. The van der Waals surface area contributed by atoms with E-state index in [1.54, 1.807) is 6.07 Å². The molecule has 1 saturated carbocycles. The van der Waals surface area contributed by atoms with Crippen LogP contribution >= 0.6 is 0 Å². The lowest BCUT2D eigenvalue weighted by Gasteiger charge is -2.40. The first-order chi connectivity index (χ1) is 8.77. The highest BCUT2D eigenvalue weighted by molar-refractivity contribution is 5.56. The average molecular weight is 252 g/mol. The minimum atomic E-state index is -0.192. The monoisotopic (exact) mass is 252 g/mol. The van der Waals surface area contributed by atoms with Crippen LogP contribution in [-0.4, -0.2) is 31.3 Å². The quantitative estimate of drug-likeness (QED) is 0.811. The summed E-state index contributed by atoms with van der Waals surface area (Å²) in [6.07, 6.45) is 3.38. The van der Waals surface area contributed by atoms with Crippen molar-refractivity contribution < 1.29 is 9.50 Å². The van der Waals surface area contributed by atoms with Crippen LogP contribution < -0.4 is 10.2 Å². The maximum absolute atomic E-state index is 14.1. The molecule has 2 N–H and O–H groups in total. The molecule has 0 radical (unpaired) electrons. The molecule has 1 aromatic rings. The second-order valence-electron chi connectivity index (χ2n) is 4.78. The van der Waals surface area contributed by atoms with Crippen LogP contribution in [0.15, 0.2) is 18.2 Å². The molecule has 1 fully saturated rings. The fraction of sp³-hybridized carbons (Fsp3) is 0.571. The number of rotatable bonds is 6. The first-order valence-electron chi connectivity index (χ1n) is 6.57. The summed E-state index contributed by atoms with van der Waals surface area (Å²) in [4.78, 5) is 2.03. The molecule has 1 aliphatic rings. The molecule has 0 aliphatic heterocycles. The molecule has 0 spiro atoms. The molecule has 0 bridgehead atoms. The Hall–Kier alpha value is -1.13. The Labute approximate surface area is 108 Å². The molecule has 2 rings (SSSR count). The van der Waals surface area contributed by atoms with Gasteiger partial charge in [0.1, 0.15) is 5.82 Å². The highest BCUT2D eigenvalue weighted by atomic mass is 19.1. The molecule has 0 amide bonds. The number of hydrogen-bond donors (Lipinski definition) is 2. The van der Waals surface area contributed by atoms with Gasteiger partial charge in [-0.1, -0.05) is 12.1 Å². The van der Waals surface area contributed by atoms with E-state index in [0.29, 0.717) is 24.8 Å². The van der Waals surface area contributed by atoms with Crippen molar-refractivity contribution in [2.24, 2.45) is 0 Å². The highest BCUT2D eigenvalue weighted by Crippen LogP contribution is 2.33. The lowest BCUT2D eigenvalue weighted by molar-refractivity contribution is 0.282. The molecule has 0 heterocycles. The number of anilines is 1. The Morgan fingerprint density at radius 2 is 2.22 bits per heavy atom. The molecule has 0 saturated heterocycles. The van der Waals surface area contributed by atoms with Gasteiger partial charge in [0, 0.05) is 19.1 Å². The molecule has 1 aliphatic carbocycles. The van der Waals surface area contributed by atoms with Crippen molar-refractivity contribution in [1.82, 2.24) is 5.32 Å². The van der Waals surface area contributed by atoms with Crippen molar-refractivity contribution >= 4 is 5.69 Å². The van der Waals surface area contributed by atoms with Crippen LogP contribution in [0.2, 0.25) is 0 Å². The van der Waals surface area contributed by atoms with E-state index in [1.807, 2.05) is 18.0 Å². The lowest BCUT2D eigenvalue weighted by Crippen LogP contribution is -2.43. The zero-order valence-electron chi connectivity index (χ0n) is 10.8. The van der Waals surface area contributed by atoms with Crippen LogP contribution in [0.25, 0.3) is 0 Å². The van der Waals surface area contributed by atoms with Gasteiger partial charge in [0.25, 0.3) is 0 Å². The van der Waals surface area contributed by atoms with Gasteiger partial charge in [0.15, 0.2) is 0 Å². The van der Waals surface area contributed by atoms with Gasteiger partial charge in [-0.15, -0.1) is 0 Å². The van der Waals surface area contributed by atoms with E-state index in [1.165, 1.54) is 12.5 Å². The number of nitrogens with zero attached hydrogens (tertiary/aromatic N) is 1. The van der Waals surface area contributed by atoms with Crippen molar-refractivity contribution in [3.63, 3.8) is 0 Å². The third-order valence-corrected chi connectivity index (χ3v) is 3.58. The lowest BCUT2D eigenvalue weighted by atomic mass is 9.90. The van der Waals surface area contributed by atoms with Gasteiger partial charge < -0.3 is 15.3 Å². The molecule has 3 nitrogen and oxygen atoms in total. The van der Waals surface area contributed by atoms with E-state index < -0.39 is 0 Å². The minimum Gasteiger partial charge on any atom is -0.395 e. The Morgan fingerprint density at radius 3 is 2.78 bits per heavy atom. The number of aliphatic hydroxyl groups is 1. The SMILES string of the molecule is CNCc1cccc(F)c1N(CCO)C1CCC1. The van der Waals surface area contributed by atoms with Gasteiger partial charge in [-0.3, -0.25) is 0 Å². The topological polar surface area (TPSA) is 35.5 Å². The van der Waals surface area contributed by atoms with Crippen molar-refractivity contribution in [3.8, 4) is 0 Å². The molecule has 0 unspecified atom stereocenters. The first kappa shape index (κ1) is 13.3. The second-order valence-corrected chi connectivity index (χ2v) is 4.78. The molecule has 18 heavy (non-hydrogen) atoms. The third-order valence-electron chi connectivity index (χ3n) is 3.58. The third kappa shape index (κ3) is 2.65. The summed E-state index contributed by atoms with van der Waals surface area (Å²) in [6.45, 7) is 1.20. The number of halogens is 1. The van der Waals surface area contributed by atoms with Crippen LogP contribution in [0.5, 0.6) is 0 Å². The molecule has 1 aromatic carbocycles. The number of hydrogen-bond acceptors (Lipinski definition) is 3. The largest absolute Gasteiger partial charge is 0.395 e. The van der Waals surface area contributed by atoms with Crippen LogP contribution in [0.1, 0.15) is 24.8 Å². The van der Waals surface area contributed by atoms with Gasteiger partial charge in [0.05, 0.1) is 12.3 Å². The highest BCUT2D eigenvalue weighted by Gasteiger charge is 2.27. The van der Waals surface area contributed by atoms with Gasteiger partial charge >= 0.3 is 0 Å². The van der Waals surface area contributed by atoms with Crippen LogP contribution in [0, 0.1) is 5.82 Å². The van der Waals surface area contributed by atoms with E-state index >= 15 is 0 Å². The van der Waals surface area contributed by atoms with E-state index in [4.69, 9.17) is 0 Å². The van der Waals surface area contributed by atoms with Crippen molar-refractivity contribution in [2.75, 3.05) is 25.1 Å². The molecular formula is C14H21FN2O. The number of para-hydroxylation sites is 1. The maximum atomic E-state index is 14.1. The summed E-state index contributed by atoms with van der Waals surface area (Å²) in [6, 6.07) is 5.56. The summed E-state index contributed by atoms with van der Waals surface area (Å²) in [7, 11) is 1.86. The zero-order chi connectivity index (χ0) is 13.0. The second kappa shape index (κ2) is 6.16. The van der Waals surface area contributed by atoms with Gasteiger partial charge in [0.2, 0.25) is 0 Å². The maximum Gasteiger partial charge on any atom is 0.146 e. The fourth-order valence-electron chi connectivity index (χ4n) is 2.50. The molecule has 100 valence electrons. The molecule has 0 aromatic heterocycles. The molecular weight excluding hydrogens is 231 g/mol. The fourth-order valence-corrected chi connectivity index (χ4v) is 2.50. The van der Waals surface area contributed by atoms with E-state index in [-0.39, 0.29) is 12.4 Å². The molecule has 4 heteroatoms. The predicted molar refractivity (Wildman–Crippen MR) is 71.2 cm³/mol. The Bertz CT molecular complexity index is 393. The standard InChI is InChI=1S/C14H21FN2O/c1-16-10-11-4-2-7-13(15)14(11)17(8-9-18)12-5-3-6-12/h2,4,7,12,16,18H,3,5-6,8-10H2,1H3. The van der Waals surface area contributed by atoms with Crippen LogP contribution in [-0.2, 0) is 6.54 Å². The normalized spacial score (nSPS) is 15.5. The summed E-state index contributed by atoms with van der Waals surface area (Å²) < 4.78 is 14.1. The van der Waals surface area contributed by atoms with Crippen molar-refractivity contribution in [2.45, 2.75) is 31.8 Å². The Kier molecular flexibility index (Phi) is 4.55. The first-order valence-corrected chi connectivity index (χ1v) is 6.57. The number of nitrogens with one attached hydrogen (secondary N) is 1. The summed E-state index contributed by atoms with van der Waals surface area (Å²) in [5, 5.41) is 12.3. The Morgan fingerprint density at radius 1 is 1.44 bits per heavy atom. The van der Waals surface area contributed by atoms with Gasteiger partial charge in [-0.25, -0.2) is 4.39 Å². The van der Waals surface area contributed by atoms with Crippen molar-refractivity contribution in [1.29, 1.82) is 0 Å². The summed E-state index contributed by atoms with van der Waals surface area (Å²) in [5.41, 5.74) is 1.61. The Balaban J connectivity index is 2.31. The predicted octanol–water partition coefficient (Wildman–Crippen LogP) is 1.90. The zero-order valence-corrected chi connectivity index (χ0v) is 10.8. The van der Waals surface area contributed by atoms with Gasteiger partial charge in [-0.05, 0) is 37.9 Å². The van der Waals surface area contributed by atoms with E-state index in [2.05, 4.69) is 5.32 Å². The number of benzene rings is 1. The smallest absolute Gasteiger partial charge is 0.146 e. The van der Waals surface area contributed by atoms with Crippen molar-refractivity contribution in [3.05, 3.63) is 29.6 Å². The minimum absolute atomic E-state index is 0.0594. The van der Waals surface area contributed by atoms with E-state index in [9.17, 15) is 9.50 Å².